The van der Waals surface area contributed by atoms with Gasteiger partial charge in [0.2, 0.25) is 0 Å². The van der Waals surface area contributed by atoms with Gasteiger partial charge in [0.15, 0.2) is 5.69 Å². The molecule has 0 fully saturated rings. The lowest BCUT2D eigenvalue weighted by Crippen LogP contribution is -2.16. The lowest BCUT2D eigenvalue weighted by molar-refractivity contribution is 0.0691. The molecule has 19 heavy (non-hydrogen) atoms. The van der Waals surface area contributed by atoms with Crippen molar-refractivity contribution in [3.8, 4) is 5.75 Å². The first kappa shape index (κ1) is 12.6. The third-order valence-electron chi connectivity index (χ3n) is 2.42. The molecule has 7 heteroatoms. The number of benzene rings is 1. The molecule has 0 saturated carbocycles. The van der Waals surface area contributed by atoms with Gasteiger partial charge in [0, 0.05) is 5.69 Å². The second-order valence-corrected chi connectivity index (χ2v) is 3.77. The van der Waals surface area contributed by atoms with Crippen LogP contribution in [0, 0.1) is 6.92 Å². The third-order valence-corrected chi connectivity index (χ3v) is 2.42. The minimum Gasteiger partial charge on any atom is -0.508 e. The number of nitrogens with one attached hydrogen (secondary N) is 1. The summed E-state index contributed by atoms with van der Waals surface area (Å²) in [5.41, 5.74) is -0.158. The number of carbonyl (C=O) groups is 2. The maximum absolute atomic E-state index is 11.9. The Bertz CT molecular complexity index is 630. The number of aromatic hydroxyl groups is 1. The first-order chi connectivity index (χ1) is 8.99. The van der Waals surface area contributed by atoms with Crippen molar-refractivity contribution in [1.29, 1.82) is 0 Å². The molecular weight excluding hydrogens is 252 g/mol. The van der Waals surface area contributed by atoms with E-state index in [0.717, 1.165) is 0 Å². The van der Waals surface area contributed by atoms with E-state index in [-0.39, 0.29) is 22.8 Å². The second kappa shape index (κ2) is 4.81. The summed E-state index contributed by atoms with van der Waals surface area (Å²) in [5.74, 6) is -1.86. The van der Waals surface area contributed by atoms with Crippen LogP contribution in [0.25, 0.3) is 0 Å². The smallest absolute Gasteiger partial charge is 0.341 e. The van der Waals surface area contributed by atoms with Crippen LogP contribution in [0.4, 0.5) is 5.69 Å². The summed E-state index contributed by atoms with van der Waals surface area (Å²) in [5, 5.41) is 24.0. The fourth-order valence-electron chi connectivity index (χ4n) is 1.51. The molecular formula is C12H10N2O5. The van der Waals surface area contributed by atoms with E-state index in [0.29, 0.717) is 5.69 Å². The largest absolute Gasteiger partial charge is 0.508 e. The summed E-state index contributed by atoms with van der Waals surface area (Å²) in [6.45, 7) is 1.41. The molecule has 1 aromatic heterocycles. The summed E-state index contributed by atoms with van der Waals surface area (Å²) in [6, 6.07) is 5.73. The molecule has 3 N–H and O–H groups in total. The van der Waals surface area contributed by atoms with Crippen LogP contribution in [0.3, 0.4) is 0 Å². The molecule has 0 atom stereocenters. The van der Waals surface area contributed by atoms with E-state index in [1.807, 2.05) is 0 Å². The van der Waals surface area contributed by atoms with Crippen molar-refractivity contribution < 1.29 is 24.3 Å². The predicted octanol–water partition coefficient (Wildman–Crippen LogP) is 1.64. The first-order valence-electron chi connectivity index (χ1n) is 5.29. The topological polar surface area (TPSA) is 113 Å². The van der Waals surface area contributed by atoms with Crippen molar-refractivity contribution in [2.45, 2.75) is 6.92 Å². The summed E-state index contributed by atoms with van der Waals surface area (Å²) >= 11 is 0. The summed E-state index contributed by atoms with van der Waals surface area (Å²) < 4.78 is 4.70. The average Bonchev–Trinajstić information content (AvgIpc) is 2.74. The summed E-state index contributed by atoms with van der Waals surface area (Å²) in [4.78, 5) is 22.9. The molecule has 7 nitrogen and oxygen atoms in total. The van der Waals surface area contributed by atoms with E-state index in [1.165, 1.54) is 31.2 Å². The molecule has 0 saturated heterocycles. The lowest BCUT2D eigenvalue weighted by atomic mass is 10.2. The Morgan fingerprint density at radius 3 is 2.47 bits per heavy atom. The van der Waals surface area contributed by atoms with Crippen LogP contribution in [-0.4, -0.2) is 27.2 Å². The van der Waals surface area contributed by atoms with E-state index in [2.05, 4.69) is 10.5 Å². The number of nitrogens with zero attached hydrogens (tertiary/aromatic N) is 1. The van der Waals surface area contributed by atoms with Gasteiger partial charge in [-0.3, -0.25) is 4.79 Å². The van der Waals surface area contributed by atoms with Gasteiger partial charge in [-0.2, -0.15) is 0 Å². The Hall–Kier alpha value is -2.83. The third kappa shape index (κ3) is 2.54. The maximum atomic E-state index is 11.9. The Balaban J connectivity index is 2.25. The number of carboxylic acids is 1. The summed E-state index contributed by atoms with van der Waals surface area (Å²) in [6.07, 6.45) is 0. The standard InChI is InChI=1S/C12H10N2O5/c1-6-9(12(17)18)10(14-19-6)11(16)13-7-2-4-8(15)5-3-7/h2-5,15H,1H3,(H,13,16)(H,17,18). The number of rotatable bonds is 3. The molecule has 0 aliphatic heterocycles. The van der Waals surface area contributed by atoms with Gasteiger partial charge in [-0.25, -0.2) is 4.79 Å². The normalized spacial score (nSPS) is 10.2. The van der Waals surface area contributed by atoms with Gasteiger partial charge in [0.05, 0.1) is 0 Å². The van der Waals surface area contributed by atoms with Gasteiger partial charge in [0.1, 0.15) is 17.1 Å². The predicted molar refractivity (Wildman–Crippen MR) is 64.3 cm³/mol. The number of anilines is 1. The zero-order chi connectivity index (χ0) is 14.0. The molecule has 1 amide bonds. The van der Waals surface area contributed by atoms with Crippen molar-refractivity contribution >= 4 is 17.6 Å². The van der Waals surface area contributed by atoms with E-state index in [9.17, 15) is 9.59 Å². The fraction of sp³-hybridized carbons (Fsp3) is 0.0833. The Morgan fingerprint density at radius 1 is 1.26 bits per heavy atom. The van der Waals surface area contributed by atoms with Crippen LogP contribution < -0.4 is 5.32 Å². The van der Waals surface area contributed by atoms with Gasteiger partial charge >= 0.3 is 5.97 Å². The minimum atomic E-state index is -1.28. The summed E-state index contributed by atoms with van der Waals surface area (Å²) in [7, 11) is 0. The minimum absolute atomic E-state index is 0.0569. The maximum Gasteiger partial charge on any atom is 0.341 e. The van der Waals surface area contributed by atoms with Gasteiger partial charge in [-0.1, -0.05) is 5.16 Å². The SMILES string of the molecule is Cc1onc(C(=O)Nc2ccc(O)cc2)c1C(=O)O. The van der Waals surface area contributed by atoms with Crippen LogP contribution in [0.15, 0.2) is 28.8 Å². The van der Waals surface area contributed by atoms with Crippen molar-refractivity contribution in [2.75, 3.05) is 5.32 Å². The molecule has 2 aromatic rings. The van der Waals surface area contributed by atoms with Gasteiger partial charge in [-0.15, -0.1) is 0 Å². The van der Waals surface area contributed by atoms with Crippen molar-refractivity contribution in [3.63, 3.8) is 0 Å². The molecule has 0 aliphatic carbocycles. The van der Waals surface area contributed by atoms with Gasteiger partial charge in [-0.05, 0) is 31.2 Å². The van der Waals surface area contributed by atoms with Crippen molar-refractivity contribution in [2.24, 2.45) is 0 Å². The van der Waals surface area contributed by atoms with Crippen molar-refractivity contribution in [3.05, 3.63) is 41.3 Å². The molecule has 2 rings (SSSR count). The van der Waals surface area contributed by atoms with E-state index in [4.69, 9.17) is 14.7 Å². The number of amides is 1. The number of carbonyl (C=O) groups excluding carboxylic acids is 1. The Labute approximate surface area is 107 Å². The van der Waals surface area contributed by atoms with Crippen LogP contribution in [0.5, 0.6) is 5.75 Å². The van der Waals surface area contributed by atoms with Crippen molar-refractivity contribution in [1.82, 2.24) is 5.16 Å². The molecule has 0 aliphatic rings. The van der Waals surface area contributed by atoms with Crippen LogP contribution in [0.1, 0.15) is 26.6 Å². The van der Waals surface area contributed by atoms with E-state index >= 15 is 0 Å². The number of hydrogen-bond donors (Lipinski definition) is 3. The van der Waals surface area contributed by atoms with Crippen LogP contribution >= 0.6 is 0 Å². The number of phenolic OH excluding ortho intramolecular Hbond substituents is 1. The number of hydrogen-bond acceptors (Lipinski definition) is 5. The highest BCUT2D eigenvalue weighted by atomic mass is 16.5. The molecule has 0 bridgehead atoms. The fourth-order valence-corrected chi connectivity index (χ4v) is 1.51. The van der Waals surface area contributed by atoms with Gasteiger partial charge < -0.3 is 20.1 Å². The number of aromatic carboxylic acids is 1. The molecule has 0 unspecified atom stereocenters. The zero-order valence-corrected chi connectivity index (χ0v) is 9.88. The number of phenols is 1. The second-order valence-electron chi connectivity index (χ2n) is 3.77. The molecule has 0 spiro atoms. The Kier molecular flexibility index (Phi) is 3.19. The van der Waals surface area contributed by atoms with E-state index in [1.54, 1.807) is 0 Å². The van der Waals surface area contributed by atoms with Crippen LogP contribution in [-0.2, 0) is 0 Å². The first-order valence-corrected chi connectivity index (χ1v) is 5.29. The highest BCUT2D eigenvalue weighted by Crippen LogP contribution is 2.17. The molecule has 98 valence electrons. The van der Waals surface area contributed by atoms with E-state index < -0.39 is 11.9 Å². The molecule has 1 aromatic carbocycles. The number of carboxylic acid groups (broad SMARTS) is 1. The zero-order valence-electron chi connectivity index (χ0n) is 9.88. The Morgan fingerprint density at radius 2 is 1.89 bits per heavy atom. The highest BCUT2D eigenvalue weighted by Gasteiger charge is 2.25. The van der Waals surface area contributed by atoms with Crippen LogP contribution in [0.2, 0.25) is 0 Å². The highest BCUT2D eigenvalue weighted by molar-refractivity contribution is 6.09. The van der Waals surface area contributed by atoms with Gasteiger partial charge in [0.25, 0.3) is 5.91 Å². The number of aromatic nitrogens is 1. The average molecular weight is 262 g/mol. The molecule has 1 heterocycles. The lowest BCUT2D eigenvalue weighted by Gasteiger charge is -2.03. The number of aryl methyl sites for hydroxylation is 1. The monoisotopic (exact) mass is 262 g/mol. The molecule has 0 radical (unpaired) electrons. The quantitative estimate of drug-likeness (QED) is 0.725.